The zero-order chi connectivity index (χ0) is 9.10. The third-order valence-electron chi connectivity index (χ3n) is 1.94. The molecule has 1 heterocycles. The van der Waals surface area contributed by atoms with Crippen LogP contribution in [0.15, 0.2) is 59.5 Å². The molecule has 1 aliphatic heterocycles. The Kier molecular flexibility index (Phi) is 1.85. The van der Waals surface area contributed by atoms with Gasteiger partial charge in [0.1, 0.15) is 11.8 Å². The number of nitriles is 1. The Morgan fingerprint density at radius 2 is 2.08 bits per heavy atom. The van der Waals surface area contributed by atoms with Crippen molar-refractivity contribution in [3.05, 3.63) is 59.5 Å². The monoisotopic (exact) mass is 168 g/mol. The molecule has 0 amide bonds. The standard InChI is InChI=1S/C11H8N2/c12-8-11-10-5-3-1-2-4-9(10)6-7-13-11/h1-7,13H. The Balaban J connectivity index is 2.56. The number of allylic oxidation sites excluding steroid dienone is 9. The molecule has 0 fully saturated rings. The van der Waals surface area contributed by atoms with Crippen molar-refractivity contribution in [2.75, 3.05) is 0 Å². The lowest BCUT2D eigenvalue weighted by molar-refractivity contribution is 1.07. The summed E-state index contributed by atoms with van der Waals surface area (Å²) >= 11 is 0. The summed E-state index contributed by atoms with van der Waals surface area (Å²) in [5, 5.41) is 11.7. The maximum absolute atomic E-state index is 8.84. The molecule has 2 rings (SSSR count). The van der Waals surface area contributed by atoms with Crippen LogP contribution in [0, 0.1) is 11.3 Å². The Morgan fingerprint density at radius 1 is 1.15 bits per heavy atom. The van der Waals surface area contributed by atoms with Crippen LogP contribution in [-0.4, -0.2) is 0 Å². The van der Waals surface area contributed by atoms with Crippen LogP contribution in [-0.2, 0) is 0 Å². The number of dihydropyridines is 1. The molecule has 0 saturated carbocycles. The van der Waals surface area contributed by atoms with Crippen molar-refractivity contribution >= 4 is 0 Å². The smallest absolute Gasteiger partial charge is 0.125 e. The molecule has 0 bridgehead atoms. The molecule has 0 unspecified atom stereocenters. The highest BCUT2D eigenvalue weighted by Crippen LogP contribution is 2.21. The number of nitrogens with one attached hydrogen (secondary N) is 1. The molecule has 0 atom stereocenters. The Bertz CT molecular complexity index is 412. The molecule has 1 N–H and O–H groups in total. The van der Waals surface area contributed by atoms with Gasteiger partial charge in [0, 0.05) is 11.8 Å². The van der Waals surface area contributed by atoms with Gasteiger partial charge in [0.15, 0.2) is 0 Å². The number of nitrogens with zero attached hydrogens (tertiary/aromatic N) is 1. The molecule has 1 aliphatic carbocycles. The van der Waals surface area contributed by atoms with Crippen molar-refractivity contribution in [2.24, 2.45) is 0 Å². The van der Waals surface area contributed by atoms with E-state index in [0.29, 0.717) is 5.70 Å². The summed E-state index contributed by atoms with van der Waals surface area (Å²) in [6, 6.07) is 2.13. The van der Waals surface area contributed by atoms with Crippen LogP contribution in [0.4, 0.5) is 0 Å². The third-order valence-corrected chi connectivity index (χ3v) is 1.94. The summed E-state index contributed by atoms with van der Waals surface area (Å²) in [4.78, 5) is 0. The van der Waals surface area contributed by atoms with Crippen LogP contribution in [0.2, 0.25) is 0 Å². The zero-order valence-corrected chi connectivity index (χ0v) is 6.99. The maximum atomic E-state index is 8.84. The first-order chi connectivity index (χ1) is 6.42. The van der Waals surface area contributed by atoms with Gasteiger partial charge in [-0.3, -0.25) is 0 Å². The van der Waals surface area contributed by atoms with Crippen LogP contribution in [0.25, 0.3) is 0 Å². The molecule has 0 saturated heterocycles. The van der Waals surface area contributed by atoms with Crippen molar-refractivity contribution in [1.29, 1.82) is 5.26 Å². The third kappa shape index (κ3) is 1.32. The zero-order valence-electron chi connectivity index (χ0n) is 6.99. The van der Waals surface area contributed by atoms with Gasteiger partial charge in [-0.05, 0) is 11.6 Å². The van der Waals surface area contributed by atoms with E-state index in [-0.39, 0.29) is 0 Å². The second-order valence-electron chi connectivity index (χ2n) is 2.74. The first kappa shape index (κ1) is 7.63. The number of hydrogen-bond donors (Lipinski definition) is 1. The van der Waals surface area contributed by atoms with Crippen molar-refractivity contribution in [3.63, 3.8) is 0 Å². The highest BCUT2D eigenvalue weighted by atomic mass is 14.9. The van der Waals surface area contributed by atoms with Gasteiger partial charge >= 0.3 is 0 Å². The highest BCUT2D eigenvalue weighted by molar-refractivity contribution is 5.57. The molecule has 0 aromatic rings. The molecule has 2 nitrogen and oxygen atoms in total. The van der Waals surface area contributed by atoms with Crippen LogP contribution < -0.4 is 5.32 Å². The second-order valence-corrected chi connectivity index (χ2v) is 2.74. The van der Waals surface area contributed by atoms with Crippen LogP contribution >= 0.6 is 0 Å². The lowest BCUT2D eigenvalue weighted by Crippen LogP contribution is -2.10. The minimum absolute atomic E-state index is 0.605. The average molecular weight is 168 g/mol. The van der Waals surface area contributed by atoms with Crippen molar-refractivity contribution < 1.29 is 0 Å². The fraction of sp³-hybridized carbons (Fsp3) is 0. The van der Waals surface area contributed by atoms with E-state index in [0.717, 1.165) is 11.1 Å². The molecule has 62 valence electrons. The summed E-state index contributed by atoms with van der Waals surface area (Å²) in [5.41, 5.74) is 2.63. The summed E-state index contributed by atoms with van der Waals surface area (Å²) in [6.45, 7) is 0. The fourth-order valence-electron chi connectivity index (χ4n) is 1.32. The predicted molar refractivity (Wildman–Crippen MR) is 51.3 cm³/mol. The lowest BCUT2D eigenvalue weighted by Gasteiger charge is -2.11. The fourth-order valence-corrected chi connectivity index (χ4v) is 1.32. The summed E-state index contributed by atoms with van der Waals surface area (Å²) in [6.07, 6.45) is 13.5. The van der Waals surface area contributed by atoms with Gasteiger partial charge in [-0.25, -0.2) is 0 Å². The normalized spacial score (nSPS) is 18.5. The van der Waals surface area contributed by atoms with Gasteiger partial charge in [-0.1, -0.05) is 30.4 Å². The van der Waals surface area contributed by atoms with Gasteiger partial charge in [-0.2, -0.15) is 5.26 Å². The molecule has 0 aromatic heterocycles. The highest BCUT2D eigenvalue weighted by Gasteiger charge is 2.10. The molecule has 0 spiro atoms. The molecule has 0 radical (unpaired) electrons. The van der Waals surface area contributed by atoms with Crippen molar-refractivity contribution in [2.45, 2.75) is 0 Å². The molecule has 13 heavy (non-hydrogen) atoms. The van der Waals surface area contributed by atoms with Crippen LogP contribution in [0.1, 0.15) is 0 Å². The van der Waals surface area contributed by atoms with E-state index in [4.69, 9.17) is 5.26 Å². The lowest BCUT2D eigenvalue weighted by atomic mass is 10.0. The van der Waals surface area contributed by atoms with Crippen molar-refractivity contribution in [1.82, 2.24) is 5.32 Å². The van der Waals surface area contributed by atoms with E-state index in [1.54, 1.807) is 6.20 Å². The van der Waals surface area contributed by atoms with E-state index < -0.39 is 0 Å². The predicted octanol–water partition coefficient (Wildman–Crippen LogP) is 1.93. The van der Waals surface area contributed by atoms with Gasteiger partial charge < -0.3 is 5.32 Å². The SMILES string of the molecule is N#CC1=C2C=CC=CC=C2C=CN1. The van der Waals surface area contributed by atoms with E-state index in [9.17, 15) is 0 Å². The molecular weight excluding hydrogens is 160 g/mol. The molecule has 0 aromatic carbocycles. The number of rotatable bonds is 0. The number of hydrogen-bond acceptors (Lipinski definition) is 2. The molecule has 2 heteroatoms. The first-order valence-electron chi connectivity index (χ1n) is 4.04. The van der Waals surface area contributed by atoms with E-state index in [1.807, 2.05) is 36.5 Å². The summed E-state index contributed by atoms with van der Waals surface area (Å²) < 4.78 is 0. The topological polar surface area (TPSA) is 35.8 Å². The molecular formula is C11H8N2. The largest absolute Gasteiger partial charge is 0.353 e. The average Bonchev–Trinajstić information content (AvgIpc) is 2.41. The Morgan fingerprint density at radius 3 is 2.92 bits per heavy atom. The minimum atomic E-state index is 0.605. The van der Waals surface area contributed by atoms with Crippen molar-refractivity contribution in [3.8, 4) is 6.07 Å². The van der Waals surface area contributed by atoms with E-state index in [1.165, 1.54) is 0 Å². The molecule has 2 aliphatic rings. The number of fused-ring (bicyclic) bond motifs is 1. The van der Waals surface area contributed by atoms with Gasteiger partial charge in [0.05, 0.1) is 0 Å². The van der Waals surface area contributed by atoms with Gasteiger partial charge in [-0.15, -0.1) is 0 Å². The van der Waals surface area contributed by atoms with Gasteiger partial charge in [0.2, 0.25) is 0 Å². The van der Waals surface area contributed by atoms with Crippen LogP contribution in [0.3, 0.4) is 0 Å². The van der Waals surface area contributed by atoms with Gasteiger partial charge in [0.25, 0.3) is 0 Å². The van der Waals surface area contributed by atoms with E-state index >= 15 is 0 Å². The summed E-state index contributed by atoms with van der Waals surface area (Å²) in [7, 11) is 0. The first-order valence-corrected chi connectivity index (χ1v) is 4.04. The quantitative estimate of drug-likeness (QED) is 0.600. The summed E-state index contributed by atoms with van der Waals surface area (Å²) in [5.74, 6) is 0. The minimum Gasteiger partial charge on any atom is -0.353 e. The second kappa shape index (κ2) is 3.16. The van der Waals surface area contributed by atoms with Crippen LogP contribution in [0.5, 0.6) is 0 Å². The maximum Gasteiger partial charge on any atom is 0.125 e. The van der Waals surface area contributed by atoms with E-state index in [2.05, 4.69) is 11.4 Å². The Labute approximate surface area is 76.9 Å². The Hall–Kier alpha value is -2.01.